The van der Waals surface area contributed by atoms with E-state index in [2.05, 4.69) is 20.6 Å². The predicted molar refractivity (Wildman–Crippen MR) is 95.7 cm³/mol. The number of piperidine rings is 1. The number of nitrogens with zero attached hydrogens (tertiary/aromatic N) is 2. The summed E-state index contributed by atoms with van der Waals surface area (Å²) in [6.07, 6.45) is 3.91. The molecule has 0 saturated carbocycles. The smallest absolute Gasteiger partial charge is 0.227 e. The number of benzene rings is 2. The molecule has 2 N–H and O–H groups in total. The van der Waals surface area contributed by atoms with Crippen molar-refractivity contribution < 1.29 is 9.13 Å². The lowest BCUT2D eigenvalue weighted by Crippen LogP contribution is -2.34. The minimum Gasteiger partial charge on any atom is -0.488 e. The maximum Gasteiger partial charge on any atom is 0.227 e. The summed E-state index contributed by atoms with van der Waals surface area (Å²) >= 11 is 0. The van der Waals surface area contributed by atoms with Gasteiger partial charge in [0.25, 0.3) is 0 Å². The highest BCUT2D eigenvalue weighted by Gasteiger charge is 2.16. The number of anilines is 2. The minimum absolute atomic E-state index is 0.196. The van der Waals surface area contributed by atoms with Gasteiger partial charge in [-0.1, -0.05) is 18.2 Å². The lowest BCUT2D eigenvalue weighted by atomic mass is 10.1. The molecule has 0 bridgehead atoms. The lowest BCUT2D eigenvalue weighted by molar-refractivity contribution is 0.164. The van der Waals surface area contributed by atoms with E-state index >= 15 is 0 Å². The van der Waals surface area contributed by atoms with E-state index in [1.807, 2.05) is 18.2 Å². The Bertz CT molecular complexity index is 880. The first-order valence-corrected chi connectivity index (χ1v) is 8.44. The van der Waals surface area contributed by atoms with E-state index in [0.717, 1.165) is 42.6 Å². The zero-order valence-corrected chi connectivity index (χ0v) is 13.7. The molecule has 1 aliphatic heterocycles. The molecule has 6 heteroatoms. The average Bonchev–Trinajstić information content (AvgIpc) is 2.63. The fraction of sp³-hybridized carbons (Fsp3) is 0.263. The van der Waals surface area contributed by atoms with E-state index in [0.29, 0.717) is 11.6 Å². The summed E-state index contributed by atoms with van der Waals surface area (Å²) in [4.78, 5) is 8.89. The Morgan fingerprint density at radius 3 is 2.80 bits per heavy atom. The van der Waals surface area contributed by atoms with E-state index in [-0.39, 0.29) is 11.9 Å². The highest BCUT2D eigenvalue weighted by molar-refractivity contribution is 5.84. The van der Waals surface area contributed by atoms with Crippen LogP contribution in [0.1, 0.15) is 12.8 Å². The Hall–Kier alpha value is -2.73. The summed E-state index contributed by atoms with van der Waals surface area (Å²) in [7, 11) is 0. The van der Waals surface area contributed by atoms with E-state index in [1.165, 1.54) is 12.1 Å². The summed E-state index contributed by atoms with van der Waals surface area (Å²) in [5.41, 5.74) is 1.37. The number of hydrogen-bond donors (Lipinski definition) is 2. The Balaban J connectivity index is 1.62. The number of aromatic nitrogens is 2. The number of fused-ring (bicyclic) bond motifs is 1. The highest BCUT2D eigenvalue weighted by atomic mass is 19.1. The van der Waals surface area contributed by atoms with Gasteiger partial charge in [-0.25, -0.2) is 14.4 Å². The van der Waals surface area contributed by atoms with Gasteiger partial charge in [0.05, 0.1) is 0 Å². The molecule has 0 spiro atoms. The second-order valence-electron chi connectivity index (χ2n) is 6.09. The molecule has 2 aromatic carbocycles. The lowest BCUT2D eigenvalue weighted by Gasteiger charge is -2.24. The van der Waals surface area contributed by atoms with Gasteiger partial charge in [-0.3, -0.25) is 0 Å². The number of nitrogens with one attached hydrogen (secondary N) is 2. The molecule has 0 radical (unpaired) electrons. The number of hydrogen-bond acceptors (Lipinski definition) is 5. The molecular weight excluding hydrogens is 319 g/mol. The van der Waals surface area contributed by atoms with Crippen LogP contribution in [0.3, 0.4) is 0 Å². The van der Waals surface area contributed by atoms with Gasteiger partial charge in [-0.15, -0.1) is 0 Å². The van der Waals surface area contributed by atoms with Crippen molar-refractivity contribution in [3.63, 3.8) is 0 Å². The number of ether oxygens (including phenoxy) is 1. The molecule has 128 valence electrons. The topological polar surface area (TPSA) is 59.1 Å². The second-order valence-corrected chi connectivity index (χ2v) is 6.09. The molecule has 1 fully saturated rings. The van der Waals surface area contributed by atoms with Crippen LogP contribution in [-0.2, 0) is 0 Å². The van der Waals surface area contributed by atoms with Crippen LogP contribution < -0.4 is 15.4 Å². The fourth-order valence-electron chi connectivity index (χ4n) is 2.97. The minimum atomic E-state index is -0.305. The van der Waals surface area contributed by atoms with E-state index < -0.39 is 0 Å². The second kappa shape index (κ2) is 7.03. The first kappa shape index (κ1) is 15.8. The van der Waals surface area contributed by atoms with Crippen LogP contribution in [0.25, 0.3) is 10.9 Å². The Labute approximate surface area is 145 Å². The first-order chi connectivity index (χ1) is 12.3. The molecule has 5 nitrogen and oxygen atoms in total. The summed E-state index contributed by atoms with van der Waals surface area (Å²) in [5, 5.41) is 7.29. The SMILES string of the molecule is Fc1cccc(Nc2ncc3cccc(OC4CCNCC4)c3n2)c1. The normalized spacial score (nSPS) is 15.2. The molecule has 0 atom stereocenters. The highest BCUT2D eigenvalue weighted by Crippen LogP contribution is 2.27. The molecule has 4 rings (SSSR count). The standard InChI is InChI=1S/C19H19FN4O/c20-14-4-2-5-15(11-14)23-19-22-12-13-3-1-6-17(18(13)24-19)25-16-7-9-21-10-8-16/h1-6,11-12,16,21H,7-10H2,(H,22,23,24). The third-order valence-corrected chi connectivity index (χ3v) is 4.23. The van der Waals surface area contributed by atoms with Crippen LogP contribution in [0.4, 0.5) is 16.0 Å². The molecular formula is C19H19FN4O. The Morgan fingerprint density at radius 1 is 1.12 bits per heavy atom. The molecule has 2 heterocycles. The van der Waals surface area contributed by atoms with Crippen molar-refractivity contribution in [2.75, 3.05) is 18.4 Å². The maximum absolute atomic E-state index is 13.3. The average molecular weight is 338 g/mol. The maximum atomic E-state index is 13.3. The van der Waals surface area contributed by atoms with Crippen LogP contribution >= 0.6 is 0 Å². The van der Waals surface area contributed by atoms with Crippen molar-refractivity contribution in [3.8, 4) is 5.75 Å². The third kappa shape index (κ3) is 3.69. The summed E-state index contributed by atoms with van der Waals surface area (Å²) < 4.78 is 19.5. The van der Waals surface area contributed by atoms with Crippen molar-refractivity contribution in [1.29, 1.82) is 0 Å². The van der Waals surface area contributed by atoms with Gasteiger partial charge in [-0.05, 0) is 50.2 Å². The molecule has 0 aliphatic carbocycles. The van der Waals surface area contributed by atoms with Crippen molar-refractivity contribution in [2.45, 2.75) is 18.9 Å². The van der Waals surface area contributed by atoms with Crippen LogP contribution in [0.5, 0.6) is 5.75 Å². The van der Waals surface area contributed by atoms with Crippen LogP contribution in [-0.4, -0.2) is 29.2 Å². The van der Waals surface area contributed by atoms with Crippen molar-refractivity contribution in [2.24, 2.45) is 0 Å². The molecule has 1 aliphatic rings. The van der Waals surface area contributed by atoms with Gasteiger partial charge in [0.15, 0.2) is 0 Å². The number of halogens is 1. The molecule has 0 amide bonds. The van der Waals surface area contributed by atoms with E-state index in [4.69, 9.17) is 4.74 Å². The Morgan fingerprint density at radius 2 is 1.96 bits per heavy atom. The van der Waals surface area contributed by atoms with Gasteiger partial charge in [-0.2, -0.15) is 0 Å². The zero-order chi connectivity index (χ0) is 17.1. The number of para-hydroxylation sites is 1. The monoisotopic (exact) mass is 338 g/mol. The van der Waals surface area contributed by atoms with E-state index in [9.17, 15) is 4.39 Å². The molecule has 1 saturated heterocycles. The van der Waals surface area contributed by atoms with Gasteiger partial charge >= 0.3 is 0 Å². The van der Waals surface area contributed by atoms with Crippen molar-refractivity contribution in [3.05, 3.63) is 54.5 Å². The van der Waals surface area contributed by atoms with Crippen LogP contribution in [0.2, 0.25) is 0 Å². The van der Waals surface area contributed by atoms with Gasteiger partial charge < -0.3 is 15.4 Å². The zero-order valence-electron chi connectivity index (χ0n) is 13.7. The predicted octanol–water partition coefficient (Wildman–Crippen LogP) is 3.64. The molecule has 25 heavy (non-hydrogen) atoms. The fourth-order valence-corrected chi connectivity index (χ4v) is 2.97. The largest absolute Gasteiger partial charge is 0.488 e. The van der Waals surface area contributed by atoms with Gasteiger partial charge in [0.2, 0.25) is 5.95 Å². The molecule has 1 aromatic heterocycles. The van der Waals surface area contributed by atoms with Gasteiger partial charge in [0.1, 0.15) is 23.2 Å². The molecule has 3 aromatic rings. The summed E-state index contributed by atoms with van der Waals surface area (Å²) in [6.45, 7) is 1.94. The van der Waals surface area contributed by atoms with Crippen LogP contribution in [0.15, 0.2) is 48.7 Å². The summed E-state index contributed by atoms with van der Waals surface area (Å²) in [6, 6.07) is 12.1. The third-order valence-electron chi connectivity index (χ3n) is 4.23. The Kier molecular flexibility index (Phi) is 4.43. The van der Waals surface area contributed by atoms with E-state index in [1.54, 1.807) is 18.3 Å². The van der Waals surface area contributed by atoms with Crippen molar-refractivity contribution >= 4 is 22.5 Å². The van der Waals surface area contributed by atoms with Crippen molar-refractivity contribution in [1.82, 2.24) is 15.3 Å². The quantitative estimate of drug-likeness (QED) is 0.760. The molecule has 0 unspecified atom stereocenters. The van der Waals surface area contributed by atoms with Gasteiger partial charge in [0, 0.05) is 17.3 Å². The first-order valence-electron chi connectivity index (χ1n) is 8.44. The number of rotatable bonds is 4. The summed E-state index contributed by atoms with van der Waals surface area (Å²) in [5.74, 6) is 0.870. The van der Waals surface area contributed by atoms with Crippen LogP contribution in [0, 0.1) is 5.82 Å².